The van der Waals surface area contributed by atoms with Crippen LogP contribution in [0.2, 0.25) is 0 Å². The van der Waals surface area contributed by atoms with Crippen LogP contribution in [0.5, 0.6) is 0 Å². The number of anilines is 1. The molecule has 0 atom stereocenters. The van der Waals surface area contributed by atoms with Gasteiger partial charge in [0.25, 0.3) is 0 Å². The summed E-state index contributed by atoms with van der Waals surface area (Å²) in [6.45, 7) is 10.7. The number of fused-ring (bicyclic) bond motifs is 1. The maximum Gasteiger partial charge on any atom is 0.116 e. The van der Waals surface area contributed by atoms with Crippen molar-refractivity contribution in [2.75, 3.05) is 18.0 Å². The second kappa shape index (κ2) is 9.10. The molecule has 5 nitrogen and oxygen atoms in total. The van der Waals surface area contributed by atoms with Gasteiger partial charge in [-0.25, -0.2) is 0 Å². The van der Waals surface area contributed by atoms with Gasteiger partial charge in [-0.1, -0.05) is 25.6 Å². The molecule has 1 aliphatic heterocycles. The van der Waals surface area contributed by atoms with Crippen LogP contribution in [0.25, 0.3) is 40.0 Å². The fourth-order valence-corrected chi connectivity index (χ4v) is 4.73. The Morgan fingerprint density at radius 3 is 2.79 bits per heavy atom. The van der Waals surface area contributed by atoms with Crippen LogP contribution in [0.3, 0.4) is 0 Å². The van der Waals surface area contributed by atoms with Crippen molar-refractivity contribution in [2.24, 2.45) is 0 Å². The number of hydrogen-bond acceptors (Lipinski definition) is 3. The van der Waals surface area contributed by atoms with Crippen LogP contribution >= 0.6 is 0 Å². The maximum atomic E-state index is 4.69. The lowest BCUT2D eigenvalue weighted by Gasteiger charge is -2.29. The van der Waals surface area contributed by atoms with Crippen molar-refractivity contribution < 1.29 is 0 Å². The van der Waals surface area contributed by atoms with E-state index in [0.29, 0.717) is 0 Å². The quantitative estimate of drug-likeness (QED) is 0.471. The number of rotatable bonds is 5. The van der Waals surface area contributed by atoms with Crippen LogP contribution in [-0.2, 0) is 6.42 Å². The van der Waals surface area contributed by atoms with Crippen LogP contribution in [0.15, 0.2) is 49.3 Å². The predicted molar refractivity (Wildman–Crippen MR) is 138 cm³/mol. The number of H-pyrrole nitrogens is 2. The average Bonchev–Trinajstić information content (AvgIpc) is 3.48. The largest absolute Gasteiger partial charge is 0.371 e. The summed E-state index contributed by atoms with van der Waals surface area (Å²) >= 11 is 0. The van der Waals surface area contributed by atoms with Gasteiger partial charge in [-0.05, 0) is 79.6 Å². The molecule has 0 radical (unpaired) electrons. The number of aryl methyl sites for hydroxylation is 1. The molecule has 0 saturated carbocycles. The zero-order valence-corrected chi connectivity index (χ0v) is 19.5. The van der Waals surface area contributed by atoms with Crippen LogP contribution in [0.4, 0.5) is 5.69 Å². The molecule has 0 amide bonds. The molecule has 4 heterocycles. The van der Waals surface area contributed by atoms with Crippen LogP contribution in [-0.4, -0.2) is 33.3 Å². The number of aromatic amines is 2. The molecule has 1 aliphatic rings. The molecule has 0 aliphatic carbocycles. The summed E-state index contributed by atoms with van der Waals surface area (Å²) < 4.78 is 0. The first-order valence-corrected chi connectivity index (χ1v) is 11.9. The third kappa shape index (κ3) is 4.11. The van der Waals surface area contributed by atoms with Crippen molar-refractivity contribution in [3.05, 3.63) is 71.0 Å². The molecule has 0 unspecified atom stereocenters. The highest BCUT2D eigenvalue weighted by Crippen LogP contribution is 2.31. The molecule has 1 aromatic carbocycles. The Hall–Kier alpha value is -3.60. The fraction of sp³-hybridized carbons (Fsp3) is 0.286. The summed E-state index contributed by atoms with van der Waals surface area (Å²) in [5.41, 5.74) is 7.54. The highest BCUT2D eigenvalue weighted by Gasteiger charge is 2.16. The van der Waals surface area contributed by atoms with E-state index in [-0.39, 0.29) is 0 Å². The Kier molecular flexibility index (Phi) is 5.86. The minimum absolute atomic E-state index is 0.907. The molecule has 33 heavy (non-hydrogen) atoms. The molecule has 1 saturated heterocycles. The molecule has 0 spiro atoms. The van der Waals surface area contributed by atoms with Gasteiger partial charge in [-0.3, -0.25) is 10.1 Å². The monoisotopic (exact) mass is 437 g/mol. The second-order valence-electron chi connectivity index (χ2n) is 8.76. The lowest BCUT2D eigenvalue weighted by molar-refractivity contribution is 0.579. The molecular formula is C28H31N5. The van der Waals surface area contributed by atoms with Crippen molar-refractivity contribution in [3.63, 3.8) is 0 Å². The summed E-state index contributed by atoms with van der Waals surface area (Å²) in [6.07, 6.45) is 12.8. The third-order valence-corrected chi connectivity index (χ3v) is 6.61. The average molecular weight is 438 g/mol. The maximum absolute atomic E-state index is 4.69. The van der Waals surface area contributed by atoms with Gasteiger partial charge in [0, 0.05) is 47.3 Å². The Bertz CT molecular complexity index is 1420. The fourth-order valence-electron chi connectivity index (χ4n) is 4.73. The lowest BCUT2D eigenvalue weighted by Crippen LogP contribution is -2.29. The Balaban J connectivity index is 1.60. The number of nitrogens with one attached hydrogen (secondary N) is 2. The number of piperidine rings is 1. The molecule has 168 valence electrons. The summed E-state index contributed by atoms with van der Waals surface area (Å²) in [4.78, 5) is 10.5. The number of pyridine rings is 1. The minimum Gasteiger partial charge on any atom is -0.371 e. The van der Waals surface area contributed by atoms with E-state index in [1.807, 2.05) is 19.3 Å². The smallest absolute Gasteiger partial charge is 0.116 e. The number of hydrogen-bond donors (Lipinski definition) is 2. The molecular weight excluding hydrogens is 406 g/mol. The molecule has 1 fully saturated rings. The molecule has 4 aromatic rings. The number of benzene rings is 1. The van der Waals surface area contributed by atoms with Gasteiger partial charge in [0.2, 0.25) is 0 Å². The van der Waals surface area contributed by atoms with Crippen LogP contribution in [0.1, 0.15) is 44.2 Å². The molecule has 2 N–H and O–H groups in total. The van der Waals surface area contributed by atoms with E-state index in [9.17, 15) is 0 Å². The first kappa shape index (κ1) is 21.3. The number of aromatic nitrogens is 4. The number of allylic oxidation sites excluding steroid dienone is 1. The number of nitrogens with zero attached hydrogens (tertiary/aromatic N) is 3. The first-order valence-electron chi connectivity index (χ1n) is 11.9. The van der Waals surface area contributed by atoms with Gasteiger partial charge < -0.3 is 9.88 Å². The van der Waals surface area contributed by atoms with E-state index in [1.165, 1.54) is 35.9 Å². The van der Waals surface area contributed by atoms with Gasteiger partial charge >= 0.3 is 0 Å². The summed E-state index contributed by atoms with van der Waals surface area (Å²) in [5.74, 6) is 0. The highest BCUT2D eigenvalue weighted by atomic mass is 15.1. The zero-order chi connectivity index (χ0) is 22.8. The highest BCUT2D eigenvalue weighted by molar-refractivity contribution is 5.96. The van der Waals surface area contributed by atoms with Gasteiger partial charge in [-0.15, -0.1) is 0 Å². The Labute approximate surface area is 194 Å². The van der Waals surface area contributed by atoms with Crippen LogP contribution in [0, 0.1) is 0 Å². The van der Waals surface area contributed by atoms with Crippen molar-refractivity contribution in [1.82, 2.24) is 20.2 Å². The molecule has 0 bridgehead atoms. The van der Waals surface area contributed by atoms with Crippen molar-refractivity contribution in [2.45, 2.75) is 39.5 Å². The van der Waals surface area contributed by atoms with Crippen molar-refractivity contribution in [3.8, 4) is 11.4 Å². The second-order valence-corrected chi connectivity index (χ2v) is 8.76. The normalized spacial score (nSPS) is 15.5. The molecule has 3 aromatic heterocycles. The topological polar surface area (TPSA) is 60.6 Å². The Morgan fingerprint density at radius 2 is 2.00 bits per heavy atom. The van der Waals surface area contributed by atoms with E-state index in [2.05, 4.69) is 81.1 Å². The summed E-state index contributed by atoms with van der Waals surface area (Å²) in [7, 11) is 0. The first-order chi connectivity index (χ1) is 16.2. The van der Waals surface area contributed by atoms with Crippen molar-refractivity contribution in [1.29, 1.82) is 0 Å². The van der Waals surface area contributed by atoms with Gasteiger partial charge in [0.1, 0.15) is 5.69 Å². The zero-order valence-electron chi connectivity index (χ0n) is 19.5. The van der Waals surface area contributed by atoms with E-state index >= 15 is 0 Å². The lowest BCUT2D eigenvalue weighted by atomic mass is 10.0. The van der Waals surface area contributed by atoms with Gasteiger partial charge in [0.15, 0.2) is 0 Å². The van der Waals surface area contributed by atoms with Crippen LogP contribution < -0.4 is 15.5 Å². The van der Waals surface area contributed by atoms with E-state index in [4.69, 9.17) is 0 Å². The third-order valence-electron chi connectivity index (χ3n) is 6.61. The predicted octanol–water partition coefficient (Wildman–Crippen LogP) is 4.80. The van der Waals surface area contributed by atoms with Crippen molar-refractivity contribution >= 4 is 34.3 Å². The minimum atomic E-state index is 0.907. The van der Waals surface area contributed by atoms with E-state index in [1.54, 1.807) is 0 Å². The summed E-state index contributed by atoms with van der Waals surface area (Å²) in [6, 6.07) is 10.9. The SMILES string of the molecule is C=C(/C=c1/c(-c2cc3c(N4CCCCC4)cccc3[nH]2)n[nH]/c1=C/C)c1cncc(CC)c1. The molecule has 5 heteroatoms. The molecule has 5 rings (SSSR count). The van der Waals surface area contributed by atoms with E-state index < -0.39 is 0 Å². The van der Waals surface area contributed by atoms with Gasteiger partial charge in [0.05, 0.1) is 11.0 Å². The Morgan fingerprint density at radius 1 is 1.15 bits per heavy atom. The summed E-state index contributed by atoms with van der Waals surface area (Å²) in [5, 5.41) is 11.2. The van der Waals surface area contributed by atoms with E-state index in [0.717, 1.165) is 58.1 Å². The van der Waals surface area contributed by atoms with Gasteiger partial charge in [-0.2, -0.15) is 5.10 Å². The standard InChI is InChI=1S/C28H31N5/c1-4-20-15-21(18-29-17-20)19(3)14-23-24(5-2)31-32-28(23)26-16-22-25(30-26)10-9-11-27(22)33-12-7-6-8-13-33/h5,9-11,14-18,30-31H,3-4,6-8,12-13H2,1-2H3/b23-14+,24-5+.